The van der Waals surface area contributed by atoms with Crippen LogP contribution in [0.3, 0.4) is 0 Å². The van der Waals surface area contributed by atoms with Gasteiger partial charge in [0, 0.05) is 18.0 Å². The highest BCUT2D eigenvalue weighted by atomic mass is 127. The summed E-state index contributed by atoms with van der Waals surface area (Å²) in [7, 11) is 0. The lowest BCUT2D eigenvalue weighted by Crippen LogP contribution is -2.39. The van der Waals surface area contributed by atoms with Gasteiger partial charge in [0.25, 0.3) is 0 Å². The molecule has 1 saturated heterocycles. The van der Waals surface area contributed by atoms with Gasteiger partial charge in [-0.15, -0.1) is 24.0 Å². The van der Waals surface area contributed by atoms with E-state index >= 15 is 0 Å². The number of hydrogen-bond acceptors (Lipinski definition) is 4. The molecule has 1 aliphatic rings. The molecule has 26 heavy (non-hydrogen) atoms. The van der Waals surface area contributed by atoms with E-state index in [-0.39, 0.29) is 30.6 Å². The Morgan fingerprint density at radius 3 is 2.88 bits per heavy atom. The summed E-state index contributed by atoms with van der Waals surface area (Å²) in [4.78, 5) is 8.19. The molecule has 0 saturated carbocycles. The molecule has 10 heteroatoms. The van der Waals surface area contributed by atoms with E-state index in [1.165, 1.54) is 30.9 Å². The normalized spacial score (nSPS) is 17.5. The molecule has 2 rings (SSSR count). The second kappa shape index (κ2) is 11.7. The molecule has 1 aliphatic heterocycles. The van der Waals surface area contributed by atoms with E-state index in [1.54, 1.807) is 0 Å². The molecule has 1 atom stereocenters. The highest BCUT2D eigenvalue weighted by molar-refractivity contribution is 14.0. The molecule has 0 spiro atoms. The number of ether oxygens (including phenoxy) is 1. The fraction of sp³-hybridized carbons (Fsp3) is 0.625. The number of thioether (sulfide) groups is 1. The predicted octanol–water partition coefficient (Wildman–Crippen LogP) is 3.55. The number of alkyl halides is 3. The number of pyridine rings is 1. The van der Waals surface area contributed by atoms with E-state index in [2.05, 4.69) is 20.6 Å². The van der Waals surface area contributed by atoms with Gasteiger partial charge in [-0.3, -0.25) is 4.99 Å². The summed E-state index contributed by atoms with van der Waals surface area (Å²) in [5.74, 6) is 1.43. The van der Waals surface area contributed by atoms with E-state index in [9.17, 15) is 13.2 Å². The monoisotopic (exact) mass is 504 g/mol. The van der Waals surface area contributed by atoms with Crippen molar-refractivity contribution in [1.29, 1.82) is 0 Å². The van der Waals surface area contributed by atoms with Crippen molar-refractivity contribution in [3.63, 3.8) is 0 Å². The van der Waals surface area contributed by atoms with Crippen LogP contribution in [0.4, 0.5) is 13.2 Å². The molecular formula is C16H24F3IN4OS. The Labute approximate surface area is 173 Å². The summed E-state index contributed by atoms with van der Waals surface area (Å²) < 4.78 is 43.8. The Hall–Kier alpha value is -0.910. The lowest BCUT2D eigenvalue weighted by atomic mass is 10.2. The van der Waals surface area contributed by atoms with E-state index in [0.29, 0.717) is 24.3 Å². The first kappa shape index (κ1) is 23.1. The van der Waals surface area contributed by atoms with Gasteiger partial charge in [0.2, 0.25) is 5.88 Å². The zero-order chi connectivity index (χ0) is 18.1. The SMILES string of the molecule is CCNC(=NCC1CCCS1)NCCOc1ncccc1C(F)(F)F.I. The van der Waals surface area contributed by atoms with Crippen LogP contribution >= 0.6 is 35.7 Å². The van der Waals surface area contributed by atoms with Crippen molar-refractivity contribution in [2.75, 3.05) is 32.0 Å². The molecule has 2 N–H and O–H groups in total. The Balaban J connectivity index is 0.00000338. The van der Waals surface area contributed by atoms with Gasteiger partial charge >= 0.3 is 6.18 Å². The van der Waals surface area contributed by atoms with Gasteiger partial charge in [-0.2, -0.15) is 24.9 Å². The predicted molar refractivity (Wildman–Crippen MR) is 110 cm³/mol. The third-order valence-electron chi connectivity index (χ3n) is 3.53. The lowest BCUT2D eigenvalue weighted by Gasteiger charge is -2.14. The number of nitrogens with zero attached hydrogens (tertiary/aromatic N) is 2. The highest BCUT2D eigenvalue weighted by Crippen LogP contribution is 2.34. The first-order chi connectivity index (χ1) is 12.0. The van der Waals surface area contributed by atoms with Crippen LogP contribution in [-0.2, 0) is 6.18 Å². The maximum atomic E-state index is 12.9. The van der Waals surface area contributed by atoms with Gasteiger partial charge in [-0.05, 0) is 37.7 Å². The number of aliphatic imine (C=N–C) groups is 1. The van der Waals surface area contributed by atoms with Gasteiger partial charge in [-0.1, -0.05) is 0 Å². The minimum atomic E-state index is -4.48. The minimum absolute atomic E-state index is 0. The fourth-order valence-electron chi connectivity index (χ4n) is 2.36. The molecule has 0 radical (unpaired) electrons. The van der Waals surface area contributed by atoms with Crippen LogP contribution in [0.2, 0.25) is 0 Å². The molecule has 148 valence electrons. The number of aromatic nitrogens is 1. The van der Waals surface area contributed by atoms with Crippen molar-refractivity contribution in [2.45, 2.75) is 31.2 Å². The van der Waals surface area contributed by atoms with Crippen molar-refractivity contribution in [3.8, 4) is 5.88 Å². The van der Waals surface area contributed by atoms with Crippen molar-refractivity contribution in [2.24, 2.45) is 4.99 Å². The molecule has 0 aromatic carbocycles. The third kappa shape index (κ3) is 7.77. The summed E-state index contributed by atoms with van der Waals surface area (Å²) in [6, 6.07) is 2.20. The van der Waals surface area contributed by atoms with E-state index in [1.807, 2.05) is 18.7 Å². The van der Waals surface area contributed by atoms with Gasteiger partial charge in [0.05, 0.1) is 13.1 Å². The van der Waals surface area contributed by atoms with Crippen LogP contribution < -0.4 is 15.4 Å². The topological polar surface area (TPSA) is 58.5 Å². The van der Waals surface area contributed by atoms with Gasteiger partial charge in [0.1, 0.15) is 12.2 Å². The highest BCUT2D eigenvalue weighted by Gasteiger charge is 2.34. The fourth-order valence-corrected chi connectivity index (χ4v) is 3.54. The average Bonchev–Trinajstić information content (AvgIpc) is 3.09. The number of hydrogen-bond donors (Lipinski definition) is 2. The van der Waals surface area contributed by atoms with Gasteiger partial charge in [-0.25, -0.2) is 4.98 Å². The smallest absolute Gasteiger partial charge is 0.421 e. The summed E-state index contributed by atoms with van der Waals surface area (Å²) >= 11 is 1.93. The molecule has 0 bridgehead atoms. The maximum absolute atomic E-state index is 12.9. The minimum Gasteiger partial charge on any atom is -0.475 e. The third-order valence-corrected chi connectivity index (χ3v) is 4.91. The Morgan fingerprint density at radius 1 is 1.42 bits per heavy atom. The Bertz CT molecular complexity index is 569. The summed E-state index contributed by atoms with van der Waals surface area (Å²) in [6.07, 6.45) is -0.792. The van der Waals surface area contributed by atoms with E-state index < -0.39 is 17.6 Å². The van der Waals surface area contributed by atoms with Crippen molar-refractivity contribution >= 4 is 41.7 Å². The Kier molecular flexibility index (Phi) is 10.4. The maximum Gasteiger partial charge on any atom is 0.421 e. The van der Waals surface area contributed by atoms with Crippen molar-refractivity contribution in [1.82, 2.24) is 15.6 Å². The van der Waals surface area contributed by atoms with Gasteiger partial charge in [0.15, 0.2) is 5.96 Å². The standard InChI is InChI=1S/C16H23F3N4OS.HI/c1-2-20-15(23-11-12-5-4-10-25-12)22-8-9-24-14-13(16(17,18)19)6-3-7-21-14;/h3,6-7,12H,2,4-5,8-11H2,1H3,(H2,20,22,23);1H. The second-order valence-electron chi connectivity index (χ2n) is 5.48. The molecule has 1 aromatic heterocycles. The lowest BCUT2D eigenvalue weighted by molar-refractivity contribution is -0.139. The summed E-state index contributed by atoms with van der Waals surface area (Å²) in [5.41, 5.74) is -0.867. The van der Waals surface area contributed by atoms with Crippen LogP contribution in [0, 0.1) is 0 Å². The zero-order valence-corrected chi connectivity index (χ0v) is 17.7. The Morgan fingerprint density at radius 2 is 2.23 bits per heavy atom. The molecule has 0 aliphatic carbocycles. The molecule has 0 amide bonds. The van der Waals surface area contributed by atoms with E-state index in [0.717, 1.165) is 12.6 Å². The summed E-state index contributed by atoms with van der Waals surface area (Å²) in [5, 5.41) is 6.74. The number of guanidine groups is 1. The molecule has 2 heterocycles. The quantitative estimate of drug-likeness (QED) is 0.258. The second-order valence-corrected chi connectivity index (χ2v) is 6.89. The van der Waals surface area contributed by atoms with Crippen molar-refractivity contribution in [3.05, 3.63) is 23.9 Å². The number of nitrogens with one attached hydrogen (secondary N) is 2. The molecular weight excluding hydrogens is 480 g/mol. The first-order valence-corrected chi connectivity index (χ1v) is 9.34. The molecule has 1 aromatic rings. The summed E-state index contributed by atoms with van der Waals surface area (Å²) in [6.45, 7) is 3.80. The average molecular weight is 504 g/mol. The largest absolute Gasteiger partial charge is 0.475 e. The molecule has 1 unspecified atom stereocenters. The number of rotatable bonds is 7. The number of halogens is 4. The van der Waals surface area contributed by atoms with Gasteiger partial charge < -0.3 is 15.4 Å². The van der Waals surface area contributed by atoms with Crippen LogP contribution in [0.5, 0.6) is 5.88 Å². The first-order valence-electron chi connectivity index (χ1n) is 8.29. The van der Waals surface area contributed by atoms with Crippen LogP contribution in [0.15, 0.2) is 23.3 Å². The van der Waals surface area contributed by atoms with Crippen LogP contribution in [0.25, 0.3) is 0 Å². The van der Waals surface area contributed by atoms with E-state index in [4.69, 9.17) is 4.74 Å². The van der Waals surface area contributed by atoms with Crippen molar-refractivity contribution < 1.29 is 17.9 Å². The van der Waals surface area contributed by atoms with Crippen LogP contribution in [-0.4, -0.2) is 48.2 Å². The van der Waals surface area contributed by atoms with Crippen LogP contribution in [0.1, 0.15) is 25.3 Å². The molecule has 5 nitrogen and oxygen atoms in total. The zero-order valence-electron chi connectivity index (χ0n) is 14.5. The molecule has 1 fully saturated rings.